The molecule has 2 aromatic rings. The summed E-state index contributed by atoms with van der Waals surface area (Å²) in [5.74, 6) is -0.0140. The smallest absolute Gasteiger partial charge is 0.255 e. The fraction of sp³-hybridized carbons (Fsp3) is 0.350. The molecule has 3 rings (SSSR count). The van der Waals surface area contributed by atoms with Gasteiger partial charge in [0.05, 0.1) is 11.3 Å². The second kappa shape index (κ2) is 7.47. The highest BCUT2D eigenvalue weighted by atomic mass is 16.2. The Morgan fingerprint density at radius 2 is 1.72 bits per heavy atom. The number of nitrogens with one attached hydrogen (secondary N) is 1. The van der Waals surface area contributed by atoms with Crippen LogP contribution in [0.5, 0.6) is 0 Å². The summed E-state index contributed by atoms with van der Waals surface area (Å²) in [6.07, 6.45) is 1.37. The third-order valence-electron chi connectivity index (χ3n) is 4.65. The molecule has 130 valence electrons. The molecule has 0 radical (unpaired) electrons. The molecule has 5 nitrogen and oxygen atoms in total. The zero-order valence-electron chi connectivity index (χ0n) is 14.7. The molecule has 1 aromatic carbocycles. The summed E-state index contributed by atoms with van der Waals surface area (Å²) in [6, 6.07) is 13.2. The summed E-state index contributed by atoms with van der Waals surface area (Å²) in [6.45, 7) is 4.97. The maximum absolute atomic E-state index is 12.7. The Labute approximate surface area is 148 Å². The number of nitrogens with zero attached hydrogens (tertiary/aromatic N) is 2. The first-order valence-electron chi connectivity index (χ1n) is 8.64. The van der Waals surface area contributed by atoms with Crippen LogP contribution >= 0.6 is 0 Å². The quantitative estimate of drug-likeness (QED) is 0.935. The van der Waals surface area contributed by atoms with E-state index in [1.54, 1.807) is 0 Å². The van der Waals surface area contributed by atoms with Gasteiger partial charge in [-0.2, -0.15) is 0 Å². The van der Waals surface area contributed by atoms with E-state index in [0.717, 1.165) is 17.1 Å². The first-order valence-corrected chi connectivity index (χ1v) is 8.64. The Morgan fingerprint density at radius 1 is 1.04 bits per heavy atom. The fourth-order valence-electron chi connectivity index (χ4n) is 3.19. The van der Waals surface area contributed by atoms with Crippen LogP contribution in [0.3, 0.4) is 0 Å². The molecule has 5 heteroatoms. The van der Waals surface area contributed by atoms with Gasteiger partial charge in [0.1, 0.15) is 0 Å². The van der Waals surface area contributed by atoms with Gasteiger partial charge in [0.15, 0.2) is 0 Å². The van der Waals surface area contributed by atoms with E-state index in [1.807, 2.05) is 61.2 Å². The largest absolute Gasteiger partial charge is 0.339 e. The number of hydrogen-bond donors (Lipinski definition) is 1. The number of rotatable bonds is 3. The number of piperidine rings is 1. The number of amides is 2. The summed E-state index contributed by atoms with van der Waals surface area (Å²) in [5, 5.41) is 2.95. The minimum Gasteiger partial charge on any atom is -0.339 e. The molecule has 1 aliphatic heterocycles. The molecule has 0 saturated carbocycles. The zero-order valence-corrected chi connectivity index (χ0v) is 14.7. The maximum atomic E-state index is 12.7. The van der Waals surface area contributed by atoms with Crippen molar-refractivity contribution in [2.75, 3.05) is 18.4 Å². The van der Waals surface area contributed by atoms with Crippen LogP contribution in [-0.2, 0) is 4.79 Å². The fourth-order valence-corrected chi connectivity index (χ4v) is 3.19. The summed E-state index contributed by atoms with van der Waals surface area (Å²) in [4.78, 5) is 31.3. The number of likely N-dealkylation sites (tertiary alicyclic amines) is 1. The van der Waals surface area contributed by atoms with Crippen LogP contribution in [0.15, 0.2) is 42.5 Å². The van der Waals surface area contributed by atoms with Crippen LogP contribution in [-0.4, -0.2) is 34.8 Å². The first-order chi connectivity index (χ1) is 12.0. The summed E-state index contributed by atoms with van der Waals surface area (Å²) < 4.78 is 0. The van der Waals surface area contributed by atoms with Crippen LogP contribution in [0.4, 0.5) is 5.69 Å². The van der Waals surface area contributed by atoms with Crippen molar-refractivity contribution >= 4 is 17.5 Å². The third kappa shape index (κ3) is 4.05. The molecule has 2 amide bonds. The lowest BCUT2D eigenvalue weighted by atomic mass is 9.95. The molecule has 25 heavy (non-hydrogen) atoms. The van der Waals surface area contributed by atoms with Crippen molar-refractivity contribution in [3.63, 3.8) is 0 Å². The molecule has 1 aliphatic rings. The number of carbonyl (C=O) groups is 2. The van der Waals surface area contributed by atoms with Gasteiger partial charge in [-0.1, -0.05) is 18.2 Å². The minimum atomic E-state index is -0.0542. The van der Waals surface area contributed by atoms with Crippen molar-refractivity contribution < 1.29 is 9.59 Å². The van der Waals surface area contributed by atoms with Gasteiger partial charge in [-0.25, -0.2) is 0 Å². The predicted octanol–water partition coefficient (Wildman–Crippen LogP) is 3.19. The number of para-hydroxylation sites is 1. The molecular weight excluding hydrogens is 314 g/mol. The lowest BCUT2D eigenvalue weighted by Crippen LogP contribution is -2.41. The van der Waals surface area contributed by atoms with E-state index in [2.05, 4.69) is 10.3 Å². The molecule has 1 aromatic heterocycles. The second-order valence-corrected chi connectivity index (χ2v) is 6.51. The summed E-state index contributed by atoms with van der Waals surface area (Å²) in [7, 11) is 0. The van der Waals surface area contributed by atoms with E-state index >= 15 is 0 Å². The van der Waals surface area contributed by atoms with E-state index < -0.39 is 0 Å². The van der Waals surface area contributed by atoms with Crippen molar-refractivity contribution in [3.8, 4) is 0 Å². The summed E-state index contributed by atoms with van der Waals surface area (Å²) >= 11 is 0. The third-order valence-corrected chi connectivity index (χ3v) is 4.65. The van der Waals surface area contributed by atoms with Crippen LogP contribution in [0.2, 0.25) is 0 Å². The monoisotopic (exact) mass is 337 g/mol. The maximum Gasteiger partial charge on any atom is 0.255 e. The van der Waals surface area contributed by atoms with Crippen molar-refractivity contribution in [2.24, 2.45) is 5.92 Å². The number of carbonyl (C=O) groups excluding carboxylic acids is 2. The number of pyridine rings is 1. The highest BCUT2D eigenvalue weighted by molar-refractivity contribution is 5.96. The topological polar surface area (TPSA) is 62.3 Å². The molecular formula is C20H23N3O2. The number of aromatic nitrogens is 1. The Hall–Kier alpha value is -2.69. The van der Waals surface area contributed by atoms with Gasteiger partial charge >= 0.3 is 0 Å². The van der Waals surface area contributed by atoms with E-state index in [-0.39, 0.29) is 17.7 Å². The molecule has 1 N–H and O–H groups in total. The Bertz CT molecular complexity index is 766. The SMILES string of the molecule is Cc1ccc(C(=O)N2CCC(C(=O)Nc3ccccc3)CC2)c(C)n1. The molecule has 0 aliphatic carbocycles. The van der Waals surface area contributed by atoms with Crippen LogP contribution in [0.1, 0.15) is 34.6 Å². The normalized spacial score (nSPS) is 15.0. The predicted molar refractivity (Wildman–Crippen MR) is 97.4 cm³/mol. The number of benzene rings is 1. The standard InChI is InChI=1S/C20H23N3O2/c1-14-8-9-18(15(2)21-14)20(25)23-12-10-16(11-13-23)19(24)22-17-6-4-3-5-7-17/h3-9,16H,10-13H2,1-2H3,(H,22,24). The lowest BCUT2D eigenvalue weighted by molar-refractivity contribution is -0.121. The van der Waals surface area contributed by atoms with Crippen molar-refractivity contribution in [1.82, 2.24) is 9.88 Å². The average molecular weight is 337 g/mol. The molecule has 0 unspecified atom stereocenters. The van der Waals surface area contributed by atoms with E-state index in [4.69, 9.17) is 0 Å². The number of hydrogen-bond acceptors (Lipinski definition) is 3. The average Bonchev–Trinajstić information content (AvgIpc) is 2.62. The number of aryl methyl sites for hydroxylation is 2. The molecule has 1 saturated heterocycles. The van der Waals surface area contributed by atoms with E-state index in [0.29, 0.717) is 31.5 Å². The Balaban J connectivity index is 1.58. The molecule has 0 bridgehead atoms. The highest BCUT2D eigenvalue weighted by Gasteiger charge is 2.28. The Morgan fingerprint density at radius 3 is 2.36 bits per heavy atom. The number of anilines is 1. The minimum absolute atomic E-state index is 0.00641. The molecule has 1 fully saturated rings. The lowest BCUT2D eigenvalue weighted by Gasteiger charge is -2.31. The van der Waals surface area contributed by atoms with E-state index in [1.165, 1.54) is 0 Å². The second-order valence-electron chi connectivity index (χ2n) is 6.51. The van der Waals surface area contributed by atoms with Crippen LogP contribution in [0.25, 0.3) is 0 Å². The van der Waals surface area contributed by atoms with Crippen molar-refractivity contribution in [1.29, 1.82) is 0 Å². The van der Waals surface area contributed by atoms with Gasteiger partial charge in [0, 0.05) is 30.4 Å². The van der Waals surface area contributed by atoms with Gasteiger partial charge in [-0.3, -0.25) is 14.6 Å². The van der Waals surface area contributed by atoms with Gasteiger partial charge < -0.3 is 10.2 Å². The highest BCUT2D eigenvalue weighted by Crippen LogP contribution is 2.21. The summed E-state index contributed by atoms with van der Waals surface area (Å²) in [5.41, 5.74) is 3.13. The van der Waals surface area contributed by atoms with Crippen LogP contribution in [0, 0.1) is 19.8 Å². The van der Waals surface area contributed by atoms with Crippen molar-refractivity contribution in [2.45, 2.75) is 26.7 Å². The van der Waals surface area contributed by atoms with E-state index in [9.17, 15) is 9.59 Å². The van der Waals surface area contributed by atoms with Crippen LogP contribution < -0.4 is 5.32 Å². The van der Waals surface area contributed by atoms with Gasteiger partial charge in [0.25, 0.3) is 5.91 Å². The zero-order chi connectivity index (χ0) is 17.8. The first kappa shape index (κ1) is 17.1. The van der Waals surface area contributed by atoms with Crippen molar-refractivity contribution in [3.05, 3.63) is 59.4 Å². The Kier molecular flexibility index (Phi) is 5.12. The molecule has 0 atom stereocenters. The van der Waals surface area contributed by atoms with Gasteiger partial charge in [0.2, 0.25) is 5.91 Å². The molecule has 2 heterocycles. The molecule has 0 spiro atoms. The van der Waals surface area contributed by atoms with Gasteiger partial charge in [-0.05, 0) is 51.0 Å². The van der Waals surface area contributed by atoms with Gasteiger partial charge in [-0.15, -0.1) is 0 Å².